The summed E-state index contributed by atoms with van der Waals surface area (Å²) in [6, 6.07) is 0. The van der Waals surface area contributed by atoms with Gasteiger partial charge in [0.05, 0.1) is 0 Å². The zero-order valence-electron chi connectivity index (χ0n) is 8.15. The second-order valence-corrected chi connectivity index (χ2v) is 4.27. The number of nitrogens with zero attached hydrogens (tertiary/aromatic N) is 2. The van der Waals surface area contributed by atoms with Crippen molar-refractivity contribution in [2.75, 3.05) is 11.4 Å². The lowest BCUT2D eigenvalue weighted by atomic mass is 10.3. The average molecular weight is 212 g/mol. The first-order chi connectivity index (χ1) is 6.59. The van der Waals surface area contributed by atoms with Gasteiger partial charge in [-0.1, -0.05) is 5.16 Å². The Balaban J connectivity index is 2.36. The third kappa shape index (κ3) is 1.41. The van der Waals surface area contributed by atoms with Crippen molar-refractivity contribution in [3.8, 4) is 0 Å². The molecule has 0 spiro atoms. The Labute approximate surface area is 87.7 Å². The van der Waals surface area contributed by atoms with Gasteiger partial charge < -0.3 is 9.42 Å². The zero-order chi connectivity index (χ0) is 10.3. The number of aromatic nitrogens is 1. The van der Waals surface area contributed by atoms with Gasteiger partial charge in [0.2, 0.25) is 5.91 Å². The summed E-state index contributed by atoms with van der Waals surface area (Å²) in [6.07, 6.45) is 0.493. The van der Waals surface area contributed by atoms with E-state index >= 15 is 0 Å². The fourth-order valence-electron chi connectivity index (χ4n) is 1.77. The summed E-state index contributed by atoms with van der Waals surface area (Å²) in [5.74, 6) is 0.790. The molecule has 1 amide bonds. The monoisotopic (exact) mass is 212 g/mol. The molecule has 0 radical (unpaired) electrons. The molecule has 0 aliphatic carbocycles. The average Bonchev–Trinajstić information content (AvgIpc) is 2.57. The summed E-state index contributed by atoms with van der Waals surface area (Å²) in [4.78, 5) is 13.3. The number of amides is 1. The molecule has 1 aliphatic rings. The highest BCUT2D eigenvalue weighted by atomic mass is 32.1. The van der Waals surface area contributed by atoms with Gasteiger partial charge in [0.1, 0.15) is 11.4 Å². The predicted molar refractivity (Wildman–Crippen MR) is 55.7 cm³/mol. The molecule has 76 valence electrons. The largest absolute Gasteiger partial charge is 0.359 e. The second-order valence-electron chi connectivity index (χ2n) is 3.54. The first-order valence-corrected chi connectivity index (χ1v) is 5.02. The third-order valence-electron chi connectivity index (χ3n) is 2.37. The molecule has 0 N–H and O–H groups in total. The van der Waals surface area contributed by atoms with Gasteiger partial charge in [-0.25, -0.2) is 0 Å². The molecular weight excluding hydrogens is 200 g/mol. The minimum atomic E-state index is 0.0967. The van der Waals surface area contributed by atoms with E-state index in [2.05, 4.69) is 17.8 Å². The summed E-state index contributed by atoms with van der Waals surface area (Å²) in [7, 11) is 0. The highest BCUT2D eigenvalue weighted by Gasteiger charge is 2.31. The highest BCUT2D eigenvalue weighted by Crippen LogP contribution is 2.29. The normalized spacial score (nSPS) is 22.1. The third-order valence-corrected chi connectivity index (χ3v) is 2.72. The minimum Gasteiger partial charge on any atom is -0.359 e. The summed E-state index contributed by atoms with van der Waals surface area (Å²) in [5, 5.41) is 3.95. The van der Waals surface area contributed by atoms with Crippen LogP contribution >= 0.6 is 12.6 Å². The lowest BCUT2D eigenvalue weighted by Gasteiger charge is -2.14. The van der Waals surface area contributed by atoms with Gasteiger partial charge in [0.15, 0.2) is 5.76 Å². The quantitative estimate of drug-likeness (QED) is 0.714. The summed E-state index contributed by atoms with van der Waals surface area (Å²) >= 11 is 4.30. The number of carbonyl (C=O) groups excluding carboxylic acids is 1. The highest BCUT2D eigenvalue weighted by molar-refractivity contribution is 7.81. The lowest BCUT2D eigenvalue weighted by Crippen LogP contribution is -2.25. The van der Waals surface area contributed by atoms with E-state index in [1.54, 1.807) is 4.90 Å². The molecule has 14 heavy (non-hydrogen) atoms. The van der Waals surface area contributed by atoms with E-state index in [1.165, 1.54) is 0 Å². The molecule has 1 aliphatic heterocycles. The van der Waals surface area contributed by atoms with Crippen LogP contribution in [0.4, 0.5) is 5.69 Å². The molecular formula is C9H12N2O2S. The summed E-state index contributed by atoms with van der Waals surface area (Å²) in [5.41, 5.74) is 1.57. The van der Waals surface area contributed by atoms with Gasteiger partial charge in [0.25, 0.3) is 0 Å². The predicted octanol–water partition coefficient (Wildman–Crippen LogP) is 1.33. The number of hydrogen-bond acceptors (Lipinski definition) is 4. The molecule has 2 heterocycles. The number of rotatable bonds is 1. The van der Waals surface area contributed by atoms with Gasteiger partial charge in [-0.05, 0) is 13.8 Å². The minimum absolute atomic E-state index is 0.0967. The van der Waals surface area contributed by atoms with Crippen LogP contribution in [0.1, 0.15) is 17.9 Å². The summed E-state index contributed by atoms with van der Waals surface area (Å²) < 4.78 is 5.02. The number of aryl methyl sites for hydroxylation is 2. The zero-order valence-corrected chi connectivity index (χ0v) is 9.04. The van der Waals surface area contributed by atoms with Crippen molar-refractivity contribution < 1.29 is 9.32 Å². The van der Waals surface area contributed by atoms with E-state index in [0.717, 1.165) is 11.4 Å². The van der Waals surface area contributed by atoms with Gasteiger partial charge in [-0.3, -0.25) is 4.79 Å². The van der Waals surface area contributed by atoms with Crippen molar-refractivity contribution in [3.05, 3.63) is 11.5 Å². The van der Waals surface area contributed by atoms with Crippen LogP contribution in [-0.4, -0.2) is 22.9 Å². The molecule has 1 fully saturated rings. The van der Waals surface area contributed by atoms with Crippen LogP contribution in [0.3, 0.4) is 0 Å². The van der Waals surface area contributed by atoms with Crippen molar-refractivity contribution in [1.82, 2.24) is 5.16 Å². The maximum Gasteiger partial charge on any atom is 0.228 e. The van der Waals surface area contributed by atoms with E-state index in [4.69, 9.17) is 4.52 Å². The van der Waals surface area contributed by atoms with Crippen LogP contribution in [0.25, 0.3) is 0 Å². The number of carbonyl (C=O) groups is 1. The van der Waals surface area contributed by atoms with Crippen LogP contribution in [0.15, 0.2) is 4.52 Å². The molecule has 1 atom stereocenters. The first kappa shape index (κ1) is 9.58. The summed E-state index contributed by atoms with van der Waals surface area (Å²) in [6.45, 7) is 4.30. The van der Waals surface area contributed by atoms with Crippen LogP contribution < -0.4 is 4.90 Å². The van der Waals surface area contributed by atoms with Crippen LogP contribution in [0, 0.1) is 13.8 Å². The number of anilines is 1. The fourth-order valence-corrected chi connectivity index (χ4v) is 2.09. The first-order valence-electron chi connectivity index (χ1n) is 4.51. The van der Waals surface area contributed by atoms with Gasteiger partial charge in [0, 0.05) is 18.2 Å². The second kappa shape index (κ2) is 3.31. The standard InChI is InChI=1S/C9H12N2O2S/c1-5-9(6(2)13-10-5)11-4-7(14)3-8(11)12/h7,14H,3-4H2,1-2H3. The topological polar surface area (TPSA) is 46.3 Å². The van der Waals surface area contributed by atoms with E-state index in [9.17, 15) is 4.79 Å². The Hall–Kier alpha value is -0.970. The fraction of sp³-hybridized carbons (Fsp3) is 0.556. The van der Waals surface area contributed by atoms with E-state index in [-0.39, 0.29) is 11.2 Å². The van der Waals surface area contributed by atoms with Crippen molar-refractivity contribution in [3.63, 3.8) is 0 Å². The molecule has 1 aromatic heterocycles. The molecule has 1 saturated heterocycles. The van der Waals surface area contributed by atoms with Gasteiger partial charge in [-0.15, -0.1) is 0 Å². The SMILES string of the molecule is Cc1noc(C)c1N1CC(S)CC1=O. The maximum atomic E-state index is 11.6. The van der Waals surface area contributed by atoms with E-state index < -0.39 is 0 Å². The maximum absolute atomic E-state index is 11.6. The lowest BCUT2D eigenvalue weighted by molar-refractivity contribution is -0.117. The molecule has 0 saturated carbocycles. The molecule has 5 heteroatoms. The molecule has 1 aromatic rings. The van der Waals surface area contributed by atoms with Crippen molar-refractivity contribution in [2.45, 2.75) is 25.5 Å². The van der Waals surface area contributed by atoms with Crippen LogP contribution in [-0.2, 0) is 4.79 Å². The molecule has 4 nitrogen and oxygen atoms in total. The van der Waals surface area contributed by atoms with Crippen LogP contribution in [0.2, 0.25) is 0 Å². The molecule has 1 unspecified atom stereocenters. The van der Waals surface area contributed by atoms with Crippen LogP contribution in [0.5, 0.6) is 0 Å². The Kier molecular flexibility index (Phi) is 2.26. The molecule has 2 rings (SSSR count). The Morgan fingerprint density at radius 3 is 2.71 bits per heavy atom. The Bertz CT molecular complexity index is 355. The van der Waals surface area contributed by atoms with Crippen molar-refractivity contribution >= 4 is 24.2 Å². The Morgan fingerprint density at radius 1 is 1.57 bits per heavy atom. The Morgan fingerprint density at radius 2 is 2.29 bits per heavy atom. The van der Waals surface area contributed by atoms with Crippen molar-refractivity contribution in [2.24, 2.45) is 0 Å². The van der Waals surface area contributed by atoms with Gasteiger partial charge in [-0.2, -0.15) is 12.6 Å². The van der Waals surface area contributed by atoms with Gasteiger partial charge >= 0.3 is 0 Å². The van der Waals surface area contributed by atoms with E-state index in [0.29, 0.717) is 18.7 Å². The van der Waals surface area contributed by atoms with Crippen molar-refractivity contribution in [1.29, 1.82) is 0 Å². The smallest absolute Gasteiger partial charge is 0.228 e. The molecule has 0 bridgehead atoms. The van der Waals surface area contributed by atoms with E-state index in [1.807, 2.05) is 13.8 Å². The molecule has 0 aromatic carbocycles. The number of hydrogen-bond donors (Lipinski definition) is 1. The number of thiol groups is 1.